The van der Waals surface area contributed by atoms with E-state index >= 15 is 0 Å². The third kappa shape index (κ3) is 3.41. The molecule has 106 valence electrons. The van der Waals surface area contributed by atoms with Crippen molar-refractivity contribution in [1.82, 2.24) is 0 Å². The molecule has 0 fully saturated rings. The van der Waals surface area contributed by atoms with Crippen LogP contribution in [0.3, 0.4) is 0 Å². The maximum Gasteiger partial charge on any atom is 0.146 e. The Morgan fingerprint density at radius 2 is 1.90 bits per heavy atom. The zero-order chi connectivity index (χ0) is 14.7. The van der Waals surface area contributed by atoms with Crippen molar-refractivity contribution in [2.75, 3.05) is 11.1 Å². The highest BCUT2D eigenvalue weighted by Crippen LogP contribution is 2.29. The van der Waals surface area contributed by atoms with Gasteiger partial charge in [0.2, 0.25) is 0 Å². The summed E-state index contributed by atoms with van der Waals surface area (Å²) >= 11 is 0. The summed E-state index contributed by atoms with van der Waals surface area (Å²) in [5.74, 6) is 0.303. The molecule has 2 aromatic rings. The van der Waals surface area contributed by atoms with Crippen LogP contribution in [0.2, 0.25) is 0 Å². The minimum atomic E-state index is -0.293. The molecule has 4 heteroatoms. The topological polar surface area (TPSA) is 47.3 Å². The van der Waals surface area contributed by atoms with Gasteiger partial charge in [0, 0.05) is 11.8 Å². The fraction of sp³-hybridized carbons (Fsp3) is 0.250. The zero-order valence-electron chi connectivity index (χ0n) is 11.9. The zero-order valence-corrected chi connectivity index (χ0v) is 11.9. The molecule has 0 amide bonds. The van der Waals surface area contributed by atoms with E-state index in [-0.39, 0.29) is 11.9 Å². The number of hydrogen-bond acceptors (Lipinski definition) is 3. The lowest BCUT2D eigenvalue weighted by atomic mass is 10.2. The van der Waals surface area contributed by atoms with Crippen molar-refractivity contribution in [3.63, 3.8) is 0 Å². The van der Waals surface area contributed by atoms with Crippen LogP contribution in [-0.4, -0.2) is 6.10 Å². The maximum absolute atomic E-state index is 13.7. The van der Waals surface area contributed by atoms with Crippen LogP contribution in [-0.2, 0) is 0 Å². The van der Waals surface area contributed by atoms with Crippen molar-refractivity contribution < 1.29 is 9.13 Å². The predicted octanol–water partition coefficient (Wildman–Crippen LogP) is 4.25. The van der Waals surface area contributed by atoms with Gasteiger partial charge in [0.1, 0.15) is 11.6 Å². The molecule has 0 aromatic heterocycles. The average molecular weight is 274 g/mol. The van der Waals surface area contributed by atoms with Crippen molar-refractivity contribution in [2.45, 2.75) is 26.9 Å². The predicted molar refractivity (Wildman–Crippen MR) is 81.0 cm³/mol. The first kappa shape index (κ1) is 14.2. The first-order valence-corrected chi connectivity index (χ1v) is 6.55. The van der Waals surface area contributed by atoms with Crippen LogP contribution < -0.4 is 15.8 Å². The first-order valence-electron chi connectivity index (χ1n) is 6.55. The summed E-state index contributed by atoms with van der Waals surface area (Å²) in [7, 11) is 0. The number of aryl methyl sites for hydroxylation is 1. The molecule has 0 unspecified atom stereocenters. The highest BCUT2D eigenvalue weighted by Gasteiger charge is 2.07. The summed E-state index contributed by atoms with van der Waals surface area (Å²) in [5, 5.41) is 3.04. The molecule has 2 rings (SSSR count). The Morgan fingerprint density at radius 3 is 2.60 bits per heavy atom. The Bertz CT molecular complexity index is 611. The third-order valence-electron chi connectivity index (χ3n) is 2.78. The Kier molecular flexibility index (Phi) is 4.13. The lowest BCUT2D eigenvalue weighted by Crippen LogP contribution is -2.07. The summed E-state index contributed by atoms with van der Waals surface area (Å²) in [5.41, 5.74) is 8.58. The van der Waals surface area contributed by atoms with E-state index in [2.05, 4.69) is 5.32 Å². The molecule has 0 spiro atoms. The van der Waals surface area contributed by atoms with Crippen LogP contribution in [0.15, 0.2) is 36.4 Å². The normalized spacial score (nSPS) is 10.7. The highest BCUT2D eigenvalue weighted by atomic mass is 19.1. The quantitative estimate of drug-likeness (QED) is 0.819. The molecule has 0 aliphatic heterocycles. The summed E-state index contributed by atoms with van der Waals surface area (Å²) < 4.78 is 19.3. The molecule has 0 radical (unpaired) electrons. The van der Waals surface area contributed by atoms with Gasteiger partial charge in [-0.05, 0) is 50.6 Å². The highest BCUT2D eigenvalue weighted by molar-refractivity contribution is 5.67. The van der Waals surface area contributed by atoms with Crippen molar-refractivity contribution in [3.05, 3.63) is 47.8 Å². The van der Waals surface area contributed by atoms with Gasteiger partial charge in [0.25, 0.3) is 0 Å². The number of ether oxygens (including phenoxy) is 1. The largest absolute Gasteiger partial charge is 0.489 e. The van der Waals surface area contributed by atoms with Gasteiger partial charge < -0.3 is 15.8 Å². The number of nitrogens with two attached hydrogens (primary N) is 1. The van der Waals surface area contributed by atoms with E-state index in [1.165, 1.54) is 6.07 Å². The van der Waals surface area contributed by atoms with Gasteiger partial charge in [-0.25, -0.2) is 4.39 Å². The van der Waals surface area contributed by atoms with E-state index in [9.17, 15) is 4.39 Å². The number of hydrogen-bond donors (Lipinski definition) is 2. The second-order valence-electron chi connectivity index (χ2n) is 5.03. The van der Waals surface area contributed by atoms with Gasteiger partial charge in [0.05, 0.1) is 17.5 Å². The van der Waals surface area contributed by atoms with Crippen LogP contribution in [0.25, 0.3) is 0 Å². The summed E-state index contributed by atoms with van der Waals surface area (Å²) in [6.45, 7) is 5.78. The molecule has 0 saturated heterocycles. The first-order chi connectivity index (χ1) is 9.45. The van der Waals surface area contributed by atoms with Gasteiger partial charge in [0.15, 0.2) is 0 Å². The minimum absolute atomic E-state index is 0.0308. The molecular weight excluding hydrogens is 255 g/mol. The lowest BCUT2D eigenvalue weighted by molar-refractivity contribution is 0.244. The second-order valence-corrected chi connectivity index (χ2v) is 5.03. The van der Waals surface area contributed by atoms with Crippen LogP contribution >= 0.6 is 0 Å². The van der Waals surface area contributed by atoms with Crippen LogP contribution in [0, 0.1) is 12.7 Å². The molecule has 0 bridgehead atoms. The van der Waals surface area contributed by atoms with Crippen molar-refractivity contribution >= 4 is 17.1 Å². The molecule has 20 heavy (non-hydrogen) atoms. The summed E-state index contributed by atoms with van der Waals surface area (Å²) in [6, 6.07) is 10.3. The fourth-order valence-electron chi connectivity index (χ4n) is 1.86. The monoisotopic (exact) mass is 274 g/mol. The SMILES string of the molecule is Cc1ccc(F)c(Nc2ccc(N)c(OC(C)C)c2)c1. The van der Waals surface area contributed by atoms with Crippen molar-refractivity contribution in [1.29, 1.82) is 0 Å². The number of benzene rings is 2. The van der Waals surface area contributed by atoms with E-state index < -0.39 is 0 Å². The molecule has 0 saturated carbocycles. The van der Waals surface area contributed by atoms with Crippen LogP contribution in [0.1, 0.15) is 19.4 Å². The molecule has 2 aromatic carbocycles. The second kappa shape index (κ2) is 5.82. The molecular formula is C16H19FN2O. The molecule has 0 atom stereocenters. The van der Waals surface area contributed by atoms with Crippen molar-refractivity contribution in [3.8, 4) is 5.75 Å². The summed E-state index contributed by atoms with van der Waals surface area (Å²) in [4.78, 5) is 0. The number of nitrogens with one attached hydrogen (secondary N) is 1. The molecule has 0 aliphatic rings. The number of anilines is 3. The Balaban J connectivity index is 2.27. The molecule has 3 N–H and O–H groups in total. The number of rotatable bonds is 4. The maximum atomic E-state index is 13.7. The van der Waals surface area contributed by atoms with E-state index in [4.69, 9.17) is 10.5 Å². The van der Waals surface area contributed by atoms with E-state index in [0.717, 1.165) is 11.3 Å². The standard InChI is InChI=1S/C16H19FN2O/c1-10(2)20-16-9-12(5-7-14(16)18)19-15-8-11(3)4-6-13(15)17/h4-10,19H,18H2,1-3H3. The van der Waals surface area contributed by atoms with Crippen molar-refractivity contribution in [2.24, 2.45) is 0 Å². The molecule has 0 aliphatic carbocycles. The molecule has 0 heterocycles. The van der Waals surface area contributed by atoms with Crippen LogP contribution in [0.5, 0.6) is 5.75 Å². The van der Waals surface area contributed by atoms with Crippen LogP contribution in [0.4, 0.5) is 21.5 Å². The Morgan fingerprint density at radius 1 is 1.15 bits per heavy atom. The van der Waals surface area contributed by atoms with E-state index in [1.54, 1.807) is 30.3 Å². The Labute approximate surface area is 118 Å². The van der Waals surface area contributed by atoms with Gasteiger partial charge in [-0.1, -0.05) is 6.07 Å². The smallest absolute Gasteiger partial charge is 0.146 e. The van der Waals surface area contributed by atoms with E-state index in [0.29, 0.717) is 17.1 Å². The number of halogens is 1. The fourth-order valence-corrected chi connectivity index (χ4v) is 1.86. The van der Waals surface area contributed by atoms with Gasteiger partial charge >= 0.3 is 0 Å². The average Bonchev–Trinajstić information content (AvgIpc) is 2.37. The summed E-state index contributed by atoms with van der Waals surface area (Å²) in [6.07, 6.45) is 0.0308. The number of nitrogen functional groups attached to an aromatic ring is 1. The van der Waals surface area contributed by atoms with Gasteiger partial charge in [-0.3, -0.25) is 0 Å². The Hall–Kier alpha value is -2.23. The minimum Gasteiger partial charge on any atom is -0.489 e. The lowest BCUT2D eigenvalue weighted by Gasteiger charge is -2.14. The molecule has 3 nitrogen and oxygen atoms in total. The third-order valence-corrected chi connectivity index (χ3v) is 2.78. The van der Waals surface area contributed by atoms with Gasteiger partial charge in [-0.15, -0.1) is 0 Å². The van der Waals surface area contributed by atoms with Gasteiger partial charge in [-0.2, -0.15) is 0 Å². The van der Waals surface area contributed by atoms with E-state index in [1.807, 2.05) is 20.8 Å².